The lowest BCUT2D eigenvalue weighted by Crippen LogP contribution is -2.08. The minimum atomic E-state index is -0.144. The van der Waals surface area contributed by atoms with E-state index in [2.05, 4.69) is 27.0 Å². The fraction of sp³-hybridized carbons (Fsp3) is 0.357. The Hall–Kier alpha value is -1.29. The predicted octanol–water partition coefficient (Wildman–Crippen LogP) is 3.99. The molecule has 0 saturated carbocycles. The van der Waals surface area contributed by atoms with Crippen molar-refractivity contribution in [2.75, 3.05) is 6.61 Å². The largest absolute Gasteiger partial charge is 0.466 e. The van der Waals surface area contributed by atoms with Crippen molar-refractivity contribution in [1.82, 2.24) is 4.98 Å². The lowest BCUT2D eigenvalue weighted by molar-refractivity contribution is -0.143. The third-order valence-electron chi connectivity index (χ3n) is 2.98. The summed E-state index contributed by atoms with van der Waals surface area (Å²) < 4.78 is 6.03. The van der Waals surface area contributed by atoms with E-state index in [1.54, 1.807) is 0 Å². The molecule has 0 fully saturated rings. The third kappa shape index (κ3) is 2.75. The molecule has 1 heterocycles. The monoisotopic (exact) mass is 309 g/mol. The number of nitrogens with one attached hydrogen (secondary N) is 1. The number of benzene rings is 1. The fourth-order valence-corrected chi connectivity index (χ4v) is 2.46. The molecule has 0 aliphatic carbocycles. The molecular weight excluding hydrogens is 294 g/mol. The highest BCUT2D eigenvalue weighted by atomic mass is 79.9. The fourth-order valence-electron chi connectivity index (χ4n) is 2.10. The number of hydrogen-bond acceptors (Lipinski definition) is 2. The van der Waals surface area contributed by atoms with Crippen LogP contribution in [0, 0.1) is 0 Å². The van der Waals surface area contributed by atoms with Crippen LogP contribution in [0.1, 0.15) is 31.7 Å². The van der Waals surface area contributed by atoms with E-state index >= 15 is 0 Å². The van der Waals surface area contributed by atoms with Gasteiger partial charge in [-0.05, 0) is 36.6 Å². The molecule has 2 rings (SSSR count). The molecule has 1 N–H and O–H groups in total. The number of aromatic amines is 1. The van der Waals surface area contributed by atoms with E-state index in [4.69, 9.17) is 4.74 Å². The number of carbonyl (C=O) groups is 1. The summed E-state index contributed by atoms with van der Waals surface area (Å²) in [5.74, 6) is 0.00134. The van der Waals surface area contributed by atoms with Crippen LogP contribution in [0.5, 0.6) is 0 Å². The minimum Gasteiger partial charge on any atom is -0.466 e. The molecule has 3 nitrogen and oxygen atoms in total. The SMILES string of the molecule is CCOC(=O)C[C@@H](C)c1c[nH]c2ccc(Br)cc12. The van der Waals surface area contributed by atoms with Crippen LogP contribution in [0.15, 0.2) is 28.9 Å². The van der Waals surface area contributed by atoms with Crippen molar-refractivity contribution >= 4 is 32.8 Å². The van der Waals surface area contributed by atoms with Gasteiger partial charge in [0.05, 0.1) is 13.0 Å². The van der Waals surface area contributed by atoms with Crippen molar-refractivity contribution in [1.29, 1.82) is 0 Å². The molecule has 18 heavy (non-hydrogen) atoms. The highest BCUT2D eigenvalue weighted by Crippen LogP contribution is 2.29. The van der Waals surface area contributed by atoms with Crippen molar-refractivity contribution in [2.24, 2.45) is 0 Å². The molecule has 1 atom stereocenters. The lowest BCUT2D eigenvalue weighted by atomic mass is 9.97. The van der Waals surface area contributed by atoms with E-state index in [9.17, 15) is 4.79 Å². The number of halogens is 1. The summed E-state index contributed by atoms with van der Waals surface area (Å²) in [7, 11) is 0. The highest BCUT2D eigenvalue weighted by molar-refractivity contribution is 9.10. The summed E-state index contributed by atoms with van der Waals surface area (Å²) >= 11 is 3.47. The predicted molar refractivity (Wildman–Crippen MR) is 75.7 cm³/mol. The zero-order chi connectivity index (χ0) is 13.1. The molecule has 0 unspecified atom stereocenters. The second-order valence-corrected chi connectivity index (χ2v) is 5.26. The van der Waals surface area contributed by atoms with Crippen molar-refractivity contribution in [3.05, 3.63) is 34.4 Å². The van der Waals surface area contributed by atoms with Gasteiger partial charge in [0.15, 0.2) is 0 Å². The average Bonchev–Trinajstić information content (AvgIpc) is 2.71. The first-order valence-corrected chi connectivity index (χ1v) is 6.83. The number of carbonyl (C=O) groups excluding carboxylic acids is 1. The number of ether oxygens (including phenoxy) is 1. The summed E-state index contributed by atoms with van der Waals surface area (Å²) in [5, 5.41) is 1.15. The van der Waals surface area contributed by atoms with Crippen LogP contribution < -0.4 is 0 Å². The Kier molecular flexibility index (Phi) is 4.07. The van der Waals surface area contributed by atoms with Crippen LogP contribution in [0.25, 0.3) is 10.9 Å². The highest BCUT2D eigenvalue weighted by Gasteiger charge is 2.15. The summed E-state index contributed by atoms with van der Waals surface area (Å²) in [4.78, 5) is 14.7. The van der Waals surface area contributed by atoms with E-state index in [0.717, 1.165) is 20.9 Å². The van der Waals surface area contributed by atoms with Gasteiger partial charge in [0.25, 0.3) is 0 Å². The smallest absolute Gasteiger partial charge is 0.306 e. The maximum atomic E-state index is 11.5. The van der Waals surface area contributed by atoms with Gasteiger partial charge in [0.1, 0.15) is 0 Å². The first-order valence-electron chi connectivity index (χ1n) is 6.04. The zero-order valence-electron chi connectivity index (χ0n) is 10.5. The molecule has 0 radical (unpaired) electrons. The Morgan fingerprint density at radius 1 is 1.50 bits per heavy atom. The molecule has 0 aliphatic heterocycles. The molecule has 0 saturated heterocycles. The summed E-state index contributed by atoms with van der Waals surface area (Å²) in [6.07, 6.45) is 2.38. The maximum absolute atomic E-state index is 11.5. The average molecular weight is 310 g/mol. The molecule has 4 heteroatoms. The van der Waals surface area contributed by atoms with Crippen molar-refractivity contribution in [2.45, 2.75) is 26.2 Å². The van der Waals surface area contributed by atoms with Crippen LogP contribution in [0.2, 0.25) is 0 Å². The standard InChI is InChI=1S/C14H16BrNO2/c1-3-18-14(17)6-9(2)12-8-16-13-5-4-10(15)7-11(12)13/h4-5,7-9,16H,3,6H2,1-2H3/t9-/m1/s1. The van der Waals surface area contributed by atoms with Crippen molar-refractivity contribution < 1.29 is 9.53 Å². The minimum absolute atomic E-state index is 0.144. The number of aromatic nitrogens is 1. The molecular formula is C14H16BrNO2. The van der Waals surface area contributed by atoms with Gasteiger partial charge in [-0.25, -0.2) is 0 Å². The van der Waals surface area contributed by atoms with Gasteiger partial charge in [-0.3, -0.25) is 4.79 Å². The van der Waals surface area contributed by atoms with Crippen LogP contribution in [-0.2, 0) is 9.53 Å². The van der Waals surface area contributed by atoms with Gasteiger partial charge < -0.3 is 9.72 Å². The number of rotatable bonds is 4. The number of esters is 1. The van der Waals surface area contributed by atoms with Gasteiger partial charge in [0, 0.05) is 21.6 Å². The molecule has 0 aliphatic rings. The van der Waals surface area contributed by atoms with Gasteiger partial charge >= 0.3 is 5.97 Å². The quantitative estimate of drug-likeness (QED) is 0.868. The third-order valence-corrected chi connectivity index (χ3v) is 3.48. The molecule has 0 amide bonds. The Bertz CT molecular complexity index is 562. The van der Waals surface area contributed by atoms with Crippen LogP contribution in [0.3, 0.4) is 0 Å². The van der Waals surface area contributed by atoms with Gasteiger partial charge in [-0.15, -0.1) is 0 Å². The Labute approximate surface area is 115 Å². The van der Waals surface area contributed by atoms with Gasteiger partial charge in [0.2, 0.25) is 0 Å². The second kappa shape index (κ2) is 5.57. The molecule has 2 aromatic rings. The topological polar surface area (TPSA) is 42.1 Å². The first-order chi connectivity index (χ1) is 8.61. The Morgan fingerprint density at radius 2 is 2.28 bits per heavy atom. The van der Waals surface area contributed by atoms with E-state index in [1.807, 2.05) is 32.2 Å². The van der Waals surface area contributed by atoms with Gasteiger partial charge in [-0.1, -0.05) is 22.9 Å². The number of H-pyrrole nitrogens is 1. The van der Waals surface area contributed by atoms with Gasteiger partial charge in [-0.2, -0.15) is 0 Å². The van der Waals surface area contributed by atoms with E-state index in [1.165, 1.54) is 0 Å². The molecule has 1 aromatic carbocycles. The summed E-state index contributed by atoms with van der Waals surface area (Å²) in [5.41, 5.74) is 2.24. The molecule has 96 valence electrons. The second-order valence-electron chi connectivity index (χ2n) is 4.34. The number of hydrogen-bond donors (Lipinski definition) is 1. The lowest BCUT2D eigenvalue weighted by Gasteiger charge is -2.09. The molecule has 1 aromatic heterocycles. The number of fused-ring (bicyclic) bond motifs is 1. The summed E-state index contributed by atoms with van der Waals surface area (Å²) in [6.45, 7) is 4.30. The van der Waals surface area contributed by atoms with Crippen LogP contribution >= 0.6 is 15.9 Å². The molecule has 0 bridgehead atoms. The van der Waals surface area contributed by atoms with Crippen LogP contribution in [0.4, 0.5) is 0 Å². The van der Waals surface area contributed by atoms with Crippen LogP contribution in [-0.4, -0.2) is 17.6 Å². The maximum Gasteiger partial charge on any atom is 0.306 e. The molecule has 0 spiro atoms. The first kappa shape index (κ1) is 13.1. The van der Waals surface area contributed by atoms with E-state index in [-0.39, 0.29) is 11.9 Å². The van der Waals surface area contributed by atoms with E-state index < -0.39 is 0 Å². The zero-order valence-corrected chi connectivity index (χ0v) is 12.1. The van der Waals surface area contributed by atoms with Crippen molar-refractivity contribution in [3.63, 3.8) is 0 Å². The Morgan fingerprint density at radius 3 is 3.00 bits per heavy atom. The Balaban J connectivity index is 2.24. The van der Waals surface area contributed by atoms with E-state index in [0.29, 0.717) is 13.0 Å². The normalized spacial score (nSPS) is 12.6. The van der Waals surface area contributed by atoms with Crippen molar-refractivity contribution in [3.8, 4) is 0 Å². The summed E-state index contributed by atoms with van der Waals surface area (Å²) in [6, 6.07) is 6.10.